The molecule has 1 aliphatic heterocycles. The van der Waals surface area contributed by atoms with Crippen molar-refractivity contribution in [3.05, 3.63) is 52.8 Å². The molecule has 0 saturated carbocycles. The fourth-order valence-corrected chi connectivity index (χ4v) is 2.82. The van der Waals surface area contributed by atoms with Gasteiger partial charge < -0.3 is 10.2 Å². The van der Waals surface area contributed by atoms with Crippen molar-refractivity contribution in [1.29, 1.82) is 0 Å². The van der Waals surface area contributed by atoms with Gasteiger partial charge in [0.15, 0.2) is 0 Å². The molecule has 0 bridgehead atoms. The van der Waals surface area contributed by atoms with Gasteiger partial charge in [-0.1, -0.05) is 0 Å². The van der Waals surface area contributed by atoms with Crippen LogP contribution in [0.1, 0.15) is 40.4 Å². The van der Waals surface area contributed by atoms with E-state index in [0.29, 0.717) is 18.7 Å². The van der Waals surface area contributed by atoms with E-state index in [1.165, 1.54) is 12.4 Å². The maximum absolute atomic E-state index is 12.9. The van der Waals surface area contributed by atoms with Crippen LogP contribution in [0, 0.1) is 0 Å². The Morgan fingerprint density at radius 2 is 1.62 bits per heavy atom. The number of rotatable bonds is 4. The number of aromatic nitrogens is 2. The minimum Gasteiger partial charge on any atom is -0.350 e. The maximum Gasteiger partial charge on any atom is 0.416 e. The van der Waals surface area contributed by atoms with Crippen molar-refractivity contribution >= 4 is 11.9 Å². The lowest BCUT2D eigenvalue weighted by atomic mass is 10.0. The zero-order valence-corrected chi connectivity index (χ0v) is 15.1. The van der Waals surface area contributed by atoms with Crippen molar-refractivity contribution in [3.8, 4) is 0 Å². The first-order valence-electron chi connectivity index (χ1n) is 8.60. The molecule has 0 aliphatic carbocycles. The van der Waals surface area contributed by atoms with Crippen LogP contribution in [-0.2, 0) is 18.9 Å². The summed E-state index contributed by atoms with van der Waals surface area (Å²) in [4.78, 5) is 21.7. The third-order valence-electron chi connectivity index (χ3n) is 4.58. The molecule has 1 aliphatic rings. The number of carbonyl (C=O) groups excluding carboxylic acids is 1. The third kappa shape index (κ3) is 4.77. The number of halogens is 6. The van der Waals surface area contributed by atoms with Crippen molar-refractivity contribution in [3.63, 3.8) is 0 Å². The molecule has 2 aromatic rings. The van der Waals surface area contributed by atoms with Crippen LogP contribution < -0.4 is 5.32 Å². The molecule has 29 heavy (non-hydrogen) atoms. The molecule has 1 aromatic carbocycles. The van der Waals surface area contributed by atoms with E-state index in [9.17, 15) is 31.1 Å². The van der Waals surface area contributed by atoms with E-state index in [0.717, 1.165) is 6.42 Å². The Kier molecular flexibility index (Phi) is 5.42. The highest BCUT2D eigenvalue weighted by Gasteiger charge is 2.36. The first kappa shape index (κ1) is 20.9. The Labute approximate surface area is 161 Å². The highest BCUT2D eigenvalue weighted by atomic mass is 19.4. The predicted molar refractivity (Wildman–Crippen MR) is 90.9 cm³/mol. The van der Waals surface area contributed by atoms with Crippen LogP contribution >= 0.6 is 0 Å². The average molecular weight is 418 g/mol. The Hall–Kier alpha value is -2.85. The van der Waals surface area contributed by atoms with Crippen molar-refractivity contribution in [2.75, 3.05) is 11.9 Å². The van der Waals surface area contributed by atoms with Crippen LogP contribution in [0.2, 0.25) is 0 Å². The highest BCUT2D eigenvalue weighted by molar-refractivity contribution is 5.94. The molecule has 0 spiro atoms. The van der Waals surface area contributed by atoms with E-state index in [4.69, 9.17) is 0 Å². The van der Waals surface area contributed by atoms with Gasteiger partial charge in [-0.3, -0.25) is 4.79 Å². The standard InChI is InChI=1S/C18H16F6N4O/c1-10-2-3-28(10)15(29)12-8-26-16(27-9-12)25-7-11-4-13(17(19,20)21)6-14(5-11)18(22,23)24/h4-6,8-10H,2-3,7H2,1H3,(H,25,26,27)/t10-/m0/s1. The maximum atomic E-state index is 12.9. The quantitative estimate of drug-likeness (QED) is 0.750. The van der Waals surface area contributed by atoms with Gasteiger partial charge in [0.05, 0.1) is 16.7 Å². The molecule has 1 fully saturated rings. The normalized spacial score (nSPS) is 17.1. The second-order valence-corrected chi connectivity index (χ2v) is 6.70. The fourth-order valence-electron chi connectivity index (χ4n) is 2.82. The van der Waals surface area contributed by atoms with Gasteiger partial charge in [0.1, 0.15) is 0 Å². The molecule has 2 heterocycles. The minimum absolute atomic E-state index is 0.0239. The number of nitrogens with zero attached hydrogens (tertiary/aromatic N) is 3. The zero-order chi connectivity index (χ0) is 21.4. The average Bonchev–Trinajstić information content (AvgIpc) is 2.64. The summed E-state index contributed by atoms with van der Waals surface area (Å²) in [6.07, 6.45) is -6.40. The van der Waals surface area contributed by atoms with Crippen LogP contribution in [0.4, 0.5) is 32.3 Å². The number of likely N-dealkylation sites (tertiary alicyclic amines) is 1. The summed E-state index contributed by atoms with van der Waals surface area (Å²) in [6, 6.07) is 1.46. The molecule has 1 atom stereocenters. The van der Waals surface area contributed by atoms with Crippen LogP contribution in [0.5, 0.6) is 0 Å². The fraction of sp³-hybridized carbons (Fsp3) is 0.389. The summed E-state index contributed by atoms with van der Waals surface area (Å²) in [5.41, 5.74) is -2.77. The second kappa shape index (κ2) is 7.53. The molecule has 156 valence electrons. The van der Waals surface area contributed by atoms with Crippen LogP contribution in [-0.4, -0.2) is 33.4 Å². The van der Waals surface area contributed by atoms with Crippen LogP contribution in [0.15, 0.2) is 30.6 Å². The number of anilines is 1. The summed E-state index contributed by atoms with van der Waals surface area (Å²) in [6.45, 7) is 2.18. The van der Waals surface area contributed by atoms with E-state index < -0.39 is 23.5 Å². The van der Waals surface area contributed by atoms with Gasteiger partial charge >= 0.3 is 12.4 Å². The molecular weight excluding hydrogens is 402 g/mol. The number of hydrogen-bond acceptors (Lipinski definition) is 4. The summed E-state index contributed by atoms with van der Waals surface area (Å²) < 4.78 is 77.4. The van der Waals surface area contributed by atoms with Crippen LogP contribution in [0.25, 0.3) is 0 Å². The van der Waals surface area contributed by atoms with Gasteiger partial charge in [-0.15, -0.1) is 0 Å². The van der Waals surface area contributed by atoms with Crippen molar-refractivity contribution in [2.45, 2.75) is 38.3 Å². The highest BCUT2D eigenvalue weighted by Crippen LogP contribution is 2.36. The first-order valence-corrected chi connectivity index (χ1v) is 8.60. The molecule has 5 nitrogen and oxygen atoms in total. The summed E-state index contributed by atoms with van der Waals surface area (Å²) >= 11 is 0. The van der Waals surface area contributed by atoms with E-state index in [2.05, 4.69) is 15.3 Å². The number of nitrogens with one attached hydrogen (secondary N) is 1. The van der Waals surface area contributed by atoms with Crippen LogP contribution in [0.3, 0.4) is 0 Å². The molecule has 0 radical (unpaired) electrons. The van der Waals surface area contributed by atoms with Crippen molar-refractivity contribution < 1.29 is 31.1 Å². The third-order valence-corrected chi connectivity index (χ3v) is 4.58. The van der Waals surface area contributed by atoms with E-state index in [1.807, 2.05) is 6.92 Å². The molecule has 1 aromatic heterocycles. The summed E-state index contributed by atoms with van der Waals surface area (Å²) in [7, 11) is 0. The van der Waals surface area contributed by atoms with Gasteiger partial charge in [-0.05, 0) is 37.1 Å². The number of carbonyl (C=O) groups is 1. The number of alkyl halides is 6. The summed E-state index contributed by atoms with van der Waals surface area (Å²) in [5.74, 6) is -0.257. The largest absolute Gasteiger partial charge is 0.416 e. The Balaban J connectivity index is 1.73. The van der Waals surface area contributed by atoms with E-state index in [1.54, 1.807) is 4.90 Å². The van der Waals surface area contributed by atoms with E-state index in [-0.39, 0.29) is 41.6 Å². The molecule has 0 unspecified atom stereocenters. The van der Waals surface area contributed by atoms with Gasteiger partial charge in [0.2, 0.25) is 5.95 Å². The SMILES string of the molecule is C[C@H]1CCN1C(=O)c1cnc(NCc2cc(C(F)(F)F)cc(C(F)(F)F)c2)nc1. The zero-order valence-electron chi connectivity index (χ0n) is 15.1. The molecule has 1 amide bonds. The van der Waals surface area contributed by atoms with E-state index >= 15 is 0 Å². The molecule has 1 saturated heterocycles. The molecule has 1 N–H and O–H groups in total. The molecule has 3 rings (SSSR count). The van der Waals surface area contributed by atoms with Crippen molar-refractivity contribution in [1.82, 2.24) is 14.9 Å². The topological polar surface area (TPSA) is 58.1 Å². The lowest BCUT2D eigenvalue weighted by Crippen LogP contribution is -2.49. The van der Waals surface area contributed by atoms with Gasteiger partial charge in [0.25, 0.3) is 5.91 Å². The minimum atomic E-state index is -4.91. The lowest BCUT2D eigenvalue weighted by Gasteiger charge is -2.38. The Morgan fingerprint density at radius 3 is 2.03 bits per heavy atom. The Morgan fingerprint density at radius 1 is 1.07 bits per heavy atom. The predicted octanol–water partition coefficient (Wildman–Crippen LogP) is 4.36. The first-order chi connectivity index (χ1) is 13.4. The smallest absolute Gasteiger partial charge is 0.350 e. The van der Waals surface area contributed by atoms with Gasteiger partial charge in [-0.25, -0.2) is 9.97 Å². The Bertz CT molecular complexity index is 862. The number of benzene rings is 1. The molecular formula is C18H16F6N4O. The van der Waals surface area contributed by atoms with Gasteiger partial charge in [0, 0.05) is 31.5 Å². The van der Waals surface area contributed by atoms with Crippen molar-refractivity contribution in [2.24, 2.45) is 0 Å². The molecule has 11 heteroatoms. The van der Waals surface area contributed by atoms with Gasteiger partial charge in [-0.2, -0.15) is 26.3 Å². The second-order valence-electron chi connectivity index (χ2n) is 6.70. The number of hydrogen-bond donors (Lipinski definition) is 1. The monoisotopic (exact) mass is 418 g/mol. The lowest BCUT2D eigenvalue weighted by molar-refractivity contribution is -0.143. The summed E-state index contributed by atoms with van der Waals surface area (Å²) in [5, 5.41) is 2.57. The number of amides is 1.